The first-order valence-corrected chi connectivity index (χ1v) is 14.4. The number of nitrogens with one attached hydrogen (secondary N) is 2. The molecular formula is C27H29ClN6O2S2. The molecule has 0 spiro atoms. The lowest BCUT2D eigenvalue weighted by Crippen LogP contribution is -2.33. The van der Waals surface area contributed by atoms with Crippen LogP contribution in [-0.2, 0) is 11.3 Å². The second-order valence-corrected chi connectivity index (χ2v) is 11.3. The number of thioether (sulfide) groups is 1. The highest BCUT2D eigenvalue weighted by atomic mass is 35.5. The monoisotopic (exact) mass is 568 g/mol. The van der Waals surface area contributed by atoms with Gasteiger partial charge in [0, 0.05) is 28.1 Å². The quantitative estimate of drug-likeness (QED) is 0.219. The topological polar surface area (TPSA) is 102 Å². The Morgan fingerprint density at radius 2 is 1.89 bits per heavy atom. The van der Waals surface area contributed by atoms with E-state index in [1.165, 1.54) is 23.1 Å². The van der Waals surface area contributed by atoms with Gasteiger partial charge in [0.15, 0.2) is 16.1 Å². The third kappa shape index (κ3) is 6.80. The van der Waals surface area contributed by atoms with Crippen molar-refractivity contribution >= 4 is 51.6 Å². The van der Waals surface area contributed by atoms with E-state index in [1.54, 1.807) is 18.2 Å². The maximum absolute atomic E-state index is 12.9. The van der Waals surface area contributed by atoms with Crippen LogP contribution in [0.3, 0.4) is 0 Å². The number of hydrogen-bond acceptors (Lipinski definition) is 7. The molecular weight excluding hydrogens is 540 g/mol. The predicted octanol–water partition coefficient (Wildman–Crippen LogP) is 6.24. The molecule has 0 aliphatic carbocycles. The molecule has 2 aromatic carbocycles. The third-order valence-electron chi connectivity index (χ3n) is 5.80. The molecule has 198 valence electrons. The average Bonchev–Trinajstić information content (AvgIpc) is 3.53. The number of aryl methyl sites for hydroxylation is 1. The van der Waals surface area contributed by atoms with E-state index in [0.717, 1.165) is 16.8 Å². The normalized spacial score (nSPS) is 11.9. The number of anilines is 1. The Labute approximate surface area is 235 Å². The van der Waals surface area contributed by atoms with Crippen LogP contribution < -0.4 is 10.6 Å². The first-order valence-electron chi connectivity index (χ1n) is 12.2. The summed E-state index contributed by atoms with van der Waals surface area (Å²) in [5.41, 5.74) is 3.33. The van der Waals surface area contributed by atoms with Crippen LogP contribution in [-0.4, -0.2) is 37.3 Å². The van der Waals surface area contributed by atoms with E-state index < -0.39 is 0 Å². The second-order valence-electron chi connectivity index (χ2n) is 9.03. The molecule has 2 heterocycles. The summed E-state index contributed by atoms with van der Waals surface area (Å²) in [5.74, 6) is 0.550. The maximum atomic E-state index is 12.9. The number of carbonyl (C=O) groups excluding carboxylic acids is 2. The van der Waals surface area contributed by atoms with Gasteiger partial charge in [-0.25, -0.2) is 4.98 Å². The fourth-order valence-corrected chi connectivity index (χ4v) is 5.52. The van der Waals surface area contributed by atoms with Gasteiger partial charge in [0.1, 0.15) is 0 Å². The zero-order chi connectivity index (χ0) is 27.2. The van der Waals surface area contributed by atoms with Crippen molar-refractivity contribution in [3.05, 3.63) is 75.9 Å². The Morgan fingerprint density at radius 1 is 1.13 bits per heavy atom. The van der Waals surface area contributed by atoms with E-state index in [0.29, 0.717) is 33.2 Å². The van der Waals surface area contributed by atoms with E-state index in [1.807, 2.05) is 68.0 Å². The molecule has 2 N–H and O–H groups in total. The van der Waals surface area contributed by atoms with E-state index in [4.69, 9.17) is 11.6 Å². The van der Waals surface area contributed by atoms with Gasteiger partial charge in [-0.1, -0.05) is 67.0 Å². The van der Waals surface area contributed by atoms with Crippen molar-refractivity contribution in [2.75, 3.05) is 11.1 Å². The zero-order valence-corrected chi connectivity index (χ0v) is 24.0. The highest BCUT2D eigenvalue weighted by Crippen LogP contribution is 2.28. The van der Waals surface area contributed by atoms with Crippen LogP contribution in [0.25, 0.3) is 11.3 Å². The fraction of sp³-hybridized carbons (Fsp3) is 0.296. The van der Waals surface area contributed by atoms with Crippen molar-refractivity contribution < 1.29 is 9.59 Å². The van der Waals surface area contributed by atoms with Crippen LogP contribution in [0.5, 0.6) is 0 Å². The number of nitrogens with zero attached hydrogens (tertiary/aromatic N) is 4. The van der Waals surface area contributed by atoms with Crippen LogP contribution in [0.4, 0.5) is 5.13 Å². The summed E-state index contributed by atoms with van der Waals surface area (Å²) in [7, 11) is 0. The standard InChI is InChI=1S/C27H29ClN6O2S2/c1-5-34-24(23(16(2)3)31-25(36)19-8-6-7-17(4)13-19)32-33-27(34)38-15-22(35)30-26-29-21(14-37-26)18-9-11-20(28)12-10-18/h6-14,16,23H,5,15H2,1-4H3,(H,31,36)(H,29,30,35)/t23-/m0/s1. The lowest BCUT2D eigenvalue weighted by Gasteiger charge is -2.22. The van der Waals surface area contributed by atoms with Crippen molar-refractivity contribution in [2.24, 2.45) is 5.92 Å². The minimum atomic E-state index is -0.333. The van der Waals surface area contributed by atoms with Crippen LogP contribution in [0.2, 0.25) is 5.02 Å². The first kappa shape index (κ1) is 27.8. The largest absolute Gasteiger partial charge is 0.342 e. The molecule has 2 amide bonds. The van der Waals surface area contributed by atoms with E-state index in [9.17, 15) is 9.59 Å². The number of hydrogen-bond donors (Lipinski definition) is 2. The van der Waals surface area contributed by atoms with E-state index in [2.05, 4.69) is 25.8 Å². The van der Waals surface area contributed by atoms with Crippen LogP contribution >= 0.6 is 34.7 Å². The highest BCUT2D eigenvalue weighted by molar-refractivity contribution is 7.99. The fourth-order valence-electron chi connectivity index (χ4n) is 3.84. The number of thiazole rings is 1. The van der Waals surface area contributed by atoms with Gasteiger partial charge in [-0.2, -0.15) is 0 Å². The number of carbonyl (C=O) groups is 2. The summed E-state index contributed by atoms with van der Waals surface area (Å²) >= 11 is 8.62. The van der Waals surface area contributed by atoms with Crippen LogP contribution in [0.15, 0.2) is 59.1 Å². The molecule has 1 atom stereocenters. The first-order chi connectivity index (χ1) is 18.2. The van der Waals surface area contributed by atoms with Gasteiger partial charge in [-0.05, 0) is 44.0 Å². The molecule has 0 unspecified atom stereocenters. The highest BCUT2D eigenvalue weighted by Gasteiger charge is 2.26. The number of amides is 2. The smallest absolute Gasteiger partial charge is 0.251 e. The molecule has 0 saturated heterocycles. The predicted molar refractivity (Wildman–Crippen MR) is 154 cm³/mol. The molecule has 0 fully saturated rings. The summed E-state index contributed by atoms with van der Waals surface area (Å²) in [4.78, 5) is 30.1. The van der Waals surface area contributed by atoms with Crippen molar-refractivity contribution in [1.82, 2.24) is 25.1 Å². The zero-order valence-electron chi connectivity index (χ0n) is 21.6. The summed E-state index contributed by atoms with van der Waals surface area (Å²) < 4.78 is 1.95. The molecule has 8 nitrogen and oxygen atoms in total. The average molecular weight is 569 g/mol. The summed E-state index contributed by atoms with van der Waals surface area (Å²) in [6, 6.07) is 14.5. The molecule has 0 bridgehead atoms. The lowest BCUT2D eigenvalue weighted by atomic mass is 10.0. The number of aromatic nitrogens is 4. The number of benzene rings is 2. The van der Waals surface area contributed by atoms with Gasteiger partial charge in [-0.15, -0.1) is 21.5 Å². The molecule has 0 aliphatic rings. The molecule has 4 rings (SSSR count). The van der Waals surface area contributed by atoms with Crippen molar-refractivity contribution in [1.29, 1.82) is 0 Å². The van der Waals surface area contributed by atoms with Crippen molar-refractivity contribution in [3.63, 3.8) is 0 Å². The summed E-state index contributed by atoms with van der Waals surface area (Å²) in [6.07, 6.45) is 0. The number of rotatable bonds is 10. The van der Waals surface area contributed by atoms with Gasteiger partial charge in [-0.3, -0.25) is 9.59 Å². The van der Waals surface area contributed by atoms with Crippen LogP contribution in [0, 0.1) is 12.8 Å². The van der Waals surface area contributed by atoms with Crippen molar-refractivity contribution in [3.8, 4) is 11.3 Å². The minimum Gasteiger partial charge on any atom is -0.342 e. The Hall–Kier alpha value is -3.21. The summed E-state index contributed by atoms with van der Waals surface area (Å²) in [6.45, 7) is 8.61. The second kappa shape index (κ2) is 12.6. The molecule has 4 aromatic rings. The Balaban J connectivity index is 1.40. The van der Waals surface area contributed by atoms with Gasteiger partial charge in [0.2, 0.25) is 5.91 Å². The lowest BCUT2D eigenvalue weighted by molar-refractivity contribution is -0.113. The van der Waals surface area contributed by atoms with E-state index >= 15 is 0 Å². The SMILES string of the molecule is CCn1c(SCC(=O)Nc2nc(-c3ccc(Cl)cc3)cs2)nnc1[C@@H](NC(=O)c1cccc(C)c1)C(C)C. The molecule has 0 aliphatic heterocycles. The van der Waals surface area contributed by atoms with Gasteiger partial charge >= 0.3 is 0 Å². The van der Waals surface area contributed by atoms with Crippen LogP contribution in [0.1, 0.15) is 48.6 Å². The molecule has 38 heavy (non-hydrogen) atoms. The maximum Gasteiger partial charge on any atom is 0.251 e. The Kier molecular flexibility index (Phi) is 9.19. The summed E-state index contributed by atoms with van der Waals surface area (Å²) in [5, 5.41) is 18.4. The van der Waals surface area contributed by atoms with E-state index in [-0.39, 0.29) is 29.5 Å². The molecule has 11 heteroatoms. The Morgan fingerprint density at radius 3 is 2.58 bits per heavy atom. The van der Waals surface area contributed by atoms with Gasteiger partial charge < -0.3 is 15.2 Å². The minimum absolute atomic E-state index is 0.0825. The molecule has 2 aromatic heterocycles. The third-order valence-corrected chi connectivity index (χ3v) is 7.77. The van der Waals surface area contributed by atoms with Crippen molar-refractivity contribution in [2.45, 2.75) is 45.4 Å². The molecule has 0 saturated carbocycles. The van der Waals surface area contributed by atoms with Gasteiger partial charge in [0.25, 0.3) is 5.91 Å². The Bertz CT molecular complexity index is 1420. The molecule has 0 radical (unpaired) electrons. The van der Waals surface area contributed by atoms with Gasteiger partial charge in [0.05, 0.1) is 17.5 Å². The number of halogens is 1.